The smallest absolute Gasteiger partial charge is 0.241 e. The van der Waals surface area contributed by atoms with E-state index in [-0.39, 0.29) is 6.54 Å². The molecular weight excluding hydrogens is 372 g/mol. The number of aromatic nitrogens is 1. The van der Waals surface area contributed by atoms with Gasteiger partial charge in [0.05, 0.1) is 20.5 Å². The van der Waals surface area contributed by atoms with Gasteiger partial charge in [0.25, 0.3) is 0 Å². The van der Waals surface area contributed by atoms with Gasteiger partial charge in [-0.25, -0.2) is 18.1 Å². The normalized spacial score (nSPS) is 11.8. The van der Waals surface area contributed by atoms with Crippen molar-refractivity contribution in [3.05, 3.63) is 56.7 Å². The third-order valence-electron chi connectivity index (χ3n) is 3.93. The third-order valence-corrected chi connectivity index (χ3v) is 7.43. The molecule has 0 atom stereocenters. The van der Waals surface area contributed by atoms with Crippen molar-refractivity contribution < 1.29 is 8.42 Å². The summed E-state index contributed by atoms with van der Waals surface area (Å²) >= 11 is 3.02. The number of rotatable bonds is 6. The van der Waals surface area contributed by atoms with Crippen LogP contribution in [0, 0.1) is 13.8 Å². The summed E-state index contributed by atoms with van der Waals surface area (Å²) in [6, 6.07) is 9.71. The zero-order valence-corrected chi connectivity index (χ0v) is 16.8. The average molecular weight is 393 g/mol. The van der Waals surface area contributed by atoms with Crippen molar-refractivity contribution in [3.8, 4) is 10.6 Å². The molecule has 0 spiro atoms. The van der Waals surface area contributed by atoms with Gasteiger partial charge in [0.2, 0.25) is 10.0 Å². The van der Waals surface area contributed by atoms with Crippen LogP contribution in [0.25, 0.3) is 10.6 Å². The fourth-order valence-corrected chi connectivity index (χ4v) is 5.74. The SMILES string of the molecule is CCc1ccc(CNS(=O)(=O)c2cc(-c3csc(C)n3)sc2C)cc1. The van der Waals surface area contributed by atoms with E-state index in [0.29, 0.717) is 4.90 Å². The van der Waals surface area contributed by atoms with Crippen molar-refractivity contribution in [2.45, 2.75) is 38.6 Å². The number of benzene rings is 1. The Labute approximate surface area is 156 Å². The molecular formula is C18H20N2O2S3. The Morgan fingerprint density at radius 1 is 1.12 bits per heavy atom. The molecule has 0 aliphatic heterocycles. The lowest BCUT2D eigenvalue weighted by Gasteiger charge is -2.07. The van der Waals surface area contributed by atoms with Crippen LogP contribution in [-0.4, -0.2) is 13.4 Å². The minimum Gasteiger partial charge on any atom is -0.241 e. The molecule has 1 aromatic carbocycles. The molecule has 7 heteroatoms. The van der Waals surface area contributed by atoms with Crippen LogP contribution < -0.4 is 4.72 Å². The highest BCUT2D eigenvalue weighted by Crippen LogP contribution is 2.33. The van der Waals surface area contributed by atoms with E-state index in [1.165, 1.54) is 16.9 Å². The third kappa shape index (κ3) is 4.17. The van der Waals surface area contributed by atoms with Crippen LogP contribution in [0.4, 0.5) is 0 Å². The zero-order valence-electron chi connectivity index (χ0n) is 14.4. The van der Waals surface area contributed by atoms with Gasteiger partial charge >= 0.3 is 0 Å². The number of nitrogens with zero attached hydrogens (tertiary/aromatic N) is 1. The number of hydrogen-bond donors (Lipinski definition) is 1. The Morgan fingerprint density at radius 3 is 2.40 bits per heavy atom. The highest BCUT2D eigenvalue weighted by Gasteiger charge is 2.21. The van der Waals surface area contributed by atoms with E-state index in [1.54, 1.807) is 17.4 Å². The largest absolute Gasteiger partial charge is 0.241 e. The molecule has 132 valence electrons. The Morgan fingerprint density at radius 2 is 1.80 bits per heavy atom. The van der Waals surface area contributed by atoms with E-state index < -0.39 is 10.0 Å². The number of aryl methyl sites for hydroxylation is 3. The highest BCUT2D eigenvalue weighted by atomic mass is 32.2. The van der Waals surface area contributed by atoms with E-state index in [4.69, 9.17) is 0 Å². The number of thiazole rings is 1. The van der Waals surface area contributed by atoms with Gasteiger partial charge in [-0.3, -0.25) is 0 Å². The fourth-order valence-electron chi connectivity index (χ4n) is 2.48. The summed E-state index contributed by atoms with van der Waals surface area (Å²) in [5.41, 5.74) is 3.03. The number of nitrogens with one attached hydrogen (secondary N) is 1. The van der Waals surface area contributed by atoms with E-state index in [9.17, 15) is 8.42 Å². The molecule has 3 aromatic rings. The van der Waals surface area contributed by atoms with Crippen molar-refractivity contribution in [2.24, 2.45) is 0 Å². The first kappa shape index (κ1) is 18.3. The monoisotopic (exact) mass is 392 g/mol. The van der Waals surface area contributed by atoms with Crippen LogP contribution >= 0.6 is 22.7 Å². The molecule has 0 radical (unpaired) electrons. The molecule has 0 saturated heterocycles. The molecule has 0 bridgehead atoms. The second-order valence-electron chi connectivity index (χ2n) is 5.78. The Bertz CT molecular complexity index is 970. The minimum atomic E-state index is -3.55. The summed E-state index contributed by atoms with van der Waals surface area (Å²) in [5, 5.41) is 2.93. The standard InChI is InChI=1S/C18H20N2O2S3/c1-4-14-5-7-15(8-6-14)10-19-25(21,22)18-9-17(24-12(18)2)16-11-23-13(3)20-16/h5-9,11,19H,4,10H2,1-3H3. The maximum absolute atomic E-state index is 12.7. The van der Waals surface area contributed by atoms with Crippen LogP contribution in [0.15, 0.2) is 40.6 Å². The number of thiophene rings is 1. The van der Waals surface area contributed by atoms with Crippen molar-refractivity contribution in [1.82, 2.24) is 9.71 Å². The van der Waals surface area contributed by atoms with Crippen molar-refractivity contribution in [3.63, 3.8) is 0 Å². The van der Waals surface area contributed by atoms with Crippen LogP contribution in [0.3, 0.4) is 0 Å². The lowest BCUT2D eigenvalue weighted by Crippen LogP contribution is -2.23. The lowest BCUT2D eigenvalue weighted by molar-refractivity contribution is 0.581. The molecule has 0 aliphatic carbocycles. The van der Waals surface area contributed by atoms with Crippen molar-refractivity contribution in [2.75, 3.05) is 0 Å². The second kappa shape index (κ2) is 7.37. The molecule has 0 unspecified atom stereocenters. The summed E-state index contributed by atoms with van der Waals surface area (Å²) in [5.74, 6) is 0. The number of hydrogen-bond acceptors (Lipinski definition) is 5. The predicted molar refractivity (Wildman–Crippen MR) is 105 cm³/mol. The maximum Gasteiger partial charge on any atom is 0.241 e. The van der Waals surface area contributed by atoms with Gasteiger partial charge in [-0.2, -0.15) is 0 Å². The predicted octanol–water partition coefficient (Wildman–Crippen LogP) is 4.53. The van der Waals surface area contributed by atoms with Crippen molar-refractivity contribution >= 4 is 32.7 Å². The van der Waals surface area contributed by atoms with Gasteiger partial charge in [0.1, 0.15) is 0 Å². The average Bonchev–Trinajstić information content (AvgIpc) is 3.19. The Balaban J connectivity index is 1.78. The lowest BCUT2D eigenvalue weighted by atomic mass is 10.1. The number of sulfonamides is 1. The van der Waals surface area contributed by atoms with Crippen LogP contribution in [0.1, 0.15) is 27.9 Å². The first-order chi connectivity index (χ1) is 11.9. The van der Waals surface area contributed by atoms with Gasteiger partial charge in [-0.05, 0) is 37.5 Å². The summed E-state index contributed by atoms with van der Waals surface area (Å²) in [6.07, 6.45) is 0.971. The first-order valence-electron chi connectivity index (χ1n) is 7.99. The fraction of sp³-hybridized carbons (Fsp3) is 0.278. The molecule has 2 aromatic heterocycles. The second-order valence-corrected chi connectivity index (χ2v) is 9.83. The molecule has 0 saturated carbocycles. The summed E-state index contributed by atoms with van der Waals surface area (Å²) < 4.78 is 28.1. The Kier molecular flexibility index (Phi) is 5.38. The molecule has 0 amide bonds. The van der Waals surface area contributed by atoms with E-state index >= 15 is 0 Å². The topological polar surface area (TPSA) is 59.1 Å². The quantitative estimate of drug-likeness (QED) is 0.670. The molecule has 2 heterocycles. The van der Waals surface area contributed by atoms with Crippen molar-refractivity contribution in [1.29, 1.82) is 0 Å². The molecule has 25 heavy (non-hydrogen) atoms. The summed E-state index contributed by atoms with van der Waals surface area (Å²) in [4.78, 5) is 6.43. The molecule has 0 aliphatic rings. The van der Waals surface area contributed by atoms with Gasteiger partial charge in [0.15, 0.2) is 0 Å². The van der Waals surface area contributed by atoms with Gasteiger partial charge in [-0.15, -0.1) is 22.7 Å². The Hall–Kier alpha value is -1.54. The van der Waals surface area contributed by atoms with Gasteiger partial charge in [-0.1, -0.05) is 31.2 Å². The minimum absolute atomic E-state index is 0.284. The molecule has 0 fully saturated rings. The van der Waals surface area contributed by atoms with Gasteiger partial charge < -0.3 is 0 Å². The molecule has 4 nitrogen and oxygen atoms in total. The summed E-state index contributed by atoms with van der Waals surface area (Å²) in [7, 11) is -3.55. The van der Waals surface area contributed by atoms with Crippen LogP contribution in [-0.2, 0) is 23.0 Å². The van der Waals surface area contributed by atoms with Crippen LogP contribution in [0.2, 0.25) is 0 Å². The van der Waals surface area contributed by atoms with E-state index in [2.05, 4.69) is 16.6 Å². The highest BCUT2D eigenvalue weighted by molar-refractivity contribution is 7.89. The maximum atomic E-state index is 12.7. The first-order valence-corrected chi connectivity index (χ1v) is 11.2. The van der Waals surface area contributed by atoms with E-state index in [1.807, 2.05) is 43.5 Å². The zero-order chi connectivity index (χ0) is 18.0. The van der Waals surface area contributed by atoms with Crippen LogP contribution in [0.5, 0.6) is 0 Å². The van der Waals surface area contributed by atoms with E-state index in [0.717, 1.165) is 32.4 Å². The summed E-state index contributed by atoms with van der Waals surface area (Å²) in [6.45, 7) is 6.15. The molecule has 1 N–H and O–H groups in total. The van der Waals surface area contributed by atoms with Gasteiger partial charge in [0, 0.05) is 16.8 Å². The molecule has 3 rings (SSSR count).